The molecule has 0 aliphatic carbocycles. The number of hydrogen-bond acceptors (Lipinski definition) is 3. The molecule has 5 nitrogen and oxygen atoms in total. The molecule has 104 valence electrons. The molecule has 2 rings (SSSR count). The number of carbonyl (C=O) groups excluding carboxylic acids is 2. The molecule has 0 atom stereocenters. The molecule has 3 amide bonds. The van der Waals surface area contributed by atoms with Crippen LogP contribution in [0.2, 0.25) is 0 Å². The van der Waals surface area contributed by atoms with Gasteiger partial charge in [0.15, 0.2) is 0 Å². The van der Waals surface area contributed by atoms with E-state index in [2.05, 4.69) is 11.8 Å². The van der Waals surface area contributed by atoms with Crippen LogP contribution in [0.5, 0.6) is 0 Å². The maximum absolute atomic E-state index is 13.5. The van der Waals surface area contributed by atoms with Gasteiger partial charge in [-0.1, -0.05) is 17.9 Å². The number of benzene rings is 1. The van der Waals surface area contributed by atoms with E-state index in [4.69, 9.17) is 5.11 Å². The number of aliphatic hydroxyl groups excluding tert-OH is 1. The summed E-state index contributed by atoms with van der Waals surface area (Å²) in [6.07, 6.45) is 0. The number of rotatable bonds is 2. The van der Waals surface area contributed by atoms with Gasteiger partial charge in [0.05, 0.1) is 12.1 Å². The lowest BCUT2D eigenvalue weighted by Gasteiger charge is -2.14. The first-order valence-corrected chi connectivity index (χ1v) is 5.96. The van der Waals surface area contributed by atoms with E-state index in [-0.39, 0.29) is 37.2 Å². The number of likely N-dealkylation sites (N-methyl/N-ethyl adjacent to an activating group) is 1. The van der Waals surface area contributed by atoms with Gasteiger partial charge >= 0.3 is 6.03 Å². The molecule has 1 aromatic rings. The van der Waals surface area contributed by atoms with Crippen molar-refractivity contribution in [2.75, 3.05) is 20.2 Å². The van der Waals surface area contributed by atoms with Gasteiger partial charge in [-0.2, -0.15) is 0 Å². The van der Waals surface area contributed by atoms with Gasteiger partial charge < -0.3 is 10.0 Å². The third-order valence-corrected chi connectivity index (χ3v) is 2.90. The number of halogens is 1. The molecular weight excluding hydrogens is 263 g/mol. The summed E-state index contributed by atoms with van der Waals surface area (Å²) in [6, 6.07) is 3.82. The summed E-state index contributed by atoms with van der Waals surface area (Å²) in [7, 11) is 1.54. The summed E-state index contributed by atoms with van der Waals surface area (Å²) in [5.41, 5.74) is 0.731. The van der Waals surface area contributed by atoms with Crippen LogP contribution in [0.3, 0.4) is 0 Å². The molecule has 0 unspecified atom stereocenters. The second-order valence-electron chi connectivity index (χ2n) is 4.39. The first-order valence-electron chi connectivity index (χ1n) is 5.96. The molecule has 0 spiro atoms. The number of hydrogen-bond donors (Lipinski definition) is 1. The van der Waals surface area contributed by atoms with Gasteiger partial charge in [-0.25, -0.2) is 9.18 Å². The third-order valence-electron chi connectivity index (χ3n) is 2.90. The molecule has 1 aliphatic rings. The van der Waals surface area contributed by atoms with Crippen LogP contribution in [0.15, 0.2) is 18.2 Å². The van der Waals surface area contributed by atoms with Crippen LogP contribution in [0.1, 0.15) is 11.1 Å². The van der Waals surface area contributed by atoms with Crippen LogP contribution in [0.4, 0.5) is 9.18 Å². The van der Waals surface area contributed by atoms with Crippen molar-refractivity contribution >= 4 is 11.9 Å². The summed E-state index contributed by atoms with van der Waals surface area (Å²) in [6.45, 7) is -0.231. The van der Waals surface area contributed by atoms with Gasteiger partial charge in [0.25, 0.3) is 5.91 Å². The van der Waals surface area contributed by atoms with Crippen LogP contribution >= 0.6 is 0 Å². The average Bonchev–Trinajstić information content (AvgIpc) is 2.66. The van der Waals surface area contributed by atoms with Crippen molar-refractivity contribution in [2.45, 2.75) is 6.54 Å². The fourth-order valence-electron chi connectivity index (χ4n) is 1.91. The molecule has 0 aromatic heterocycles. The molecule has 0 bridgehead atoms. The van der Waals surface area contributed by atoms with Crippen molar-refractivity contribution in [2.24, 2.45) is 0 Å². The van der Waals surface area contributed by atoms with E-state index in [9.17, 15) is 14.0 Å². The Kier molecular flexibility index (Phi) is 4.01. The number of aliphatic hydroxyl groups is 1. The summed E-state index contributed by atoms with van der Waals surface area (Å²) in [5.74, 6) is 4.05. The number of carbonyl (C=O) groups is 2. The van der Waals surface area contributed by atoms with Crippen molar-refractivity contribution in [1.29, 1.82) is 0 Å². The highest BCUT2D eigenvalue weighted by Crippen LogP contribution is 2.15. The van der Waals surface area contributed by atoms with E-state index < -0.39 is 5.82 Å². The summed E-state index contributed by atoms with van der Waals surface area (Å²) < 4.78 is 13.5. The molecule has 20 heavy (non-hydrogen) atoms. The Morgan fingerprint density at radius 1 is 1.40 bits per heavy atom. The molecule has 1 heterocycles. The van der Waals surface area contributed by atoms with Crippen molar-refractivity contribution in [3.63, 3.8) is 0 Å². The molecule has 0 saturated carbocycles. The fraction of sp³-hybridized carbons (Fsp3) is 0.286. The van der Waals surface area contributed by atoms with E-state index >= 15 is 0 Å². The standard InChI is InChI=1S/C14H13FN2O3/c1-16-9-13(19)17(14(16)20)8-10-4-5-12(15)11(7-10)3-2-6-18/h4-5,7,18H,6,8-9H2,1H3. The zero-order valence-electron chi connectivity index (χ0n) is 10.9. The lowest BCUT2D eigenvalue weighted by molar-refractivity contribution is -0.125. The Morgan fingerprint density at radius 2 is 2.15 bits per heavy atom. The Balaban J connectivity index is 2.22. The van der Waals surface area contributed by atoms with Gasteiger partial charge in [-0.05, 0) is 17.7 Å². The topological polar surface area (TPSA) is 60.9 Å². The van der Waals surface area contributed by atoms with E-state index in [1.807, 2.05) is 0 Å². The lowest BCUT2D eigenvalue weighted by atomic mass is 10.1. The van der Waals surface area contributed by atoms with E-state index in [0.717, 1.165) is 4.90 Å². The first-order chi connectivity index (χ1) is 9.52. The van der Waals surface area contributed by atoms with Gasteiger partial charge in [0.2, 0.25) is 0 Å². The van der Waals surface area contributed by atoms with Crippen LogP contribution in [0.25, 0.3) is 0 Å². The highest BCUT2D eigenvalue weighted by Gasteiger charge is 2.33. The van der Waals surface area contributed by atoms with Crippen LogP contribution in [-0.2, 0) is 11.3 Å². The minimum absolute atomic E-state index is 0.0528. The van der Waals surface area contributed by atoms with Gasteiger partial charge in [-0.3, -0.25) is 9.69 Å². The van der Waals surface area contributed by atoms with Crippen LogP contribution < -0.4 is 0 Å². The zero-order chi connectivity index (χ0) is 14.7. The largest absolute Gasteiger partial charge is 0.384 e. The van der Waals surface area contributed by atoms with Gasteiger partial charge in [0.1, 0.15) is 19.0 Å². The predicted molar refractivity (Wildman–Crippen MR) is 68.9 cm³/mol. The maximum Gasteiger partial charge on any atom is 0.327 e. The van der Waals surface area contributed by atoms with Crippen LogP contribution in [0, 0.1) is 17.7 Å². The summed E-state index contributed by atoms with van der Waals surface area (Å²) in [4.78, 5) is 25.8. The van der Waals surface area contributed by atoms with E-state index in [1.54, 1.807) is 7.05 Å². The molecule has 1 saturated heterocycles. The number of nitrogens with zero attached hydrogens (tertiary/aromatic N) is 2. The van der Waals surface area contributed by atoms with Gasteiger partial charge in [-0.15, -0.1) is 0 Å². The monoisotopic (exact) mass is 276 g/mol. The van der Waals surface area contributed by atoms with Gasteiger partial charge in [0, 0.05) is 7.05 Å². The quantitative estimate of drug-likeness (QED) is 0.634. The molecular formula is C14H13FN2O3. The number of imide groups is 1. The Morgan fingerprint density at radius 3 is 2.75 bits per heavy atom. The SMILES string of the molecule is CN1CC(=O)N(Cc2ccc(F)c(C#CCO)c2)C1=O. The molecule has 1 aromatic carbocycles. The van der Waals surface area contributed by atoms with E-state index in [0.29, 0.717) is 5.56 Å². The Labute approximate surface area is 115 Å². The molecule has 1 N–H and O–H groups in total. The Hall–Kier alpha value is -2.39. The Bertz CT molecular complexity index is 619. The fourth-order valence-corrected chi connectivity index (χ4v) is 1.91. The molecule has 0 radical (unpaired) electrons. The van der Waals surface area contributed by atoms with Crippen molar-refractivity contribution in [1.82, 2.24) is 9.80 Å². The third kappa shape index (κ3) is 2.78. The van der Waals surface area contributed by atoms with Crippen molar-refractivity contribution in [3.05, 3.63) is 35.1 Å². The van der Waals surface area contributed by atoms with Crippen molar-refractivity contribution in [3.8, 4) is 11.8 Å². The second-order valence-corrected chi connectivity index (χ2v) is 4.39. The van der Waals surface area contributed by atoms with Crippen molar-refractivity contribution < 1.29 is 19.1 Å². The number of amides is 3. The normalized spacial score (nSPS) is 14.6. The van der Waals surface area contributed by atoms with E-state index in [1.165, 1.54) is 23.1 Å². The predicted octanol–water partition coefficient (Wildman–Crippen LogP) is 0.563. The smallest absolute Gasteiger partial charge is 0.327 e. The maximum atomic E-state index is 13.5. The summed E-state index contributed by atoms with van der Waals surface area (Å²) in [5, 5.41) is 8.62. The first kappa shape index (κ1) is 14.0. The number of urea groups is 1. The highest BCUT2D eigenvalue weighted by molar-refractivity contribution is 6.01. The van der Waals surface area contributed by atoms with Crippen LogP contribution in [-0.4, -0.2) is 47.0 Å². The average molecular weight is 276 g/mol. The zero-order valence-corrected chi connectivity index (χ0v) is 10.9. The molecule has 1 fully saturated rings. The highest BCUT2D eigenvalue weighted by atomic mass is 19.1. The molecule has 1 aliphatic heterocycles. The second kappa shape index (κ2) is 5.72. The molecule has 6 heteroatoms. The lowest BCUT2D eigenvalue weighted by Crippen LogP contribution is -2.31. The summed E-state index contributed by atoms with van der Waals surface area (Å²) >= 11 is 0. The minimum Gasteiger partial charge on any atom is -0.384 e. The minimum atomic E-state index is -0.508.